The van der Waals surface area contributed by atoms with Gasteiger partial charge in [-0.15, -0.1) is 18.2 Å². The fraction of sp³-hybridized carbons (Fsp3) is 0.308. The molecule has 6 aromatic rings. The van der Waals surface area contributed by atoms with Gasteiger partial charge in [-0.05, 0) is 37.6 Å². The van der Waals surface area contributed by atoms with Gasteiger partial charge in [-0.2, -0.15) is 0 Å². The maximum atomic E-state index is 6.19. The SMILES string of the molecule is CC(C)Cc1cc(-c2[c-]cccc2)nc[c]1[Ge]([CH3])([CH3])[CH3].Cc1cc2c(oc3c(-c4cc(C(C)C)ccn4)[c-]ccc32)c(C)n1.[Ir]. The second-order valence-electron chi connectivity index (χ2n) is 13.4. The third-order valence-electron chi connectivity index (χ3n) is 7.83. The van der Waals surface area contributed by atoms with Crippen LogP contribution in [0, 0.1) is 31.9 Å². The number of furan rings is 1. The number of pyridine rings is 3. The van der Waals surface area contributed by atoms with E-state index in [1.807, 2.05) is 44.3 Å². The molecule has 0 spiro atoms. The molecule has 4 heterocycles. The molecule has 0 N–H and O–H groups in total. The molecule has 0 saturated heterocycles. The maximum Gasteiger partial charge on any atom is 0.142 e. The number of benzene rings is 2. The number of nitrogens with zero attached hydrogens (tertiary/aromatic N) is 3. The normalized spacial score (nSPS) is 11.5. The van der Waals surface area contributed by atoms with Crippen molar-refractivity contribution in [2.45, 2.75) is 71.1 Å². The Morgan fingerprint density at radius 1 is 0.822 bits per heavy atom. The monoisotopic (exact) mass is 836 g/mol. The molecule has 1 radical (unpaired) electrons. The van der Waals surface area contributed by atoms with Crippen LogP contribution < -0.4 is 4.40 Å². The third-order valence-corrected chi connectivity index (χ3v) is 12.2. The molecule has 0 bridgehead atoms. The molecule has 0 aliphatic rings. The van der Waals surface area contributed by atoms with Gasteiger partial charge in [-0.1, -0.05) is 36.4 Å². The minimum atomic E-state index is -1.86. The summed E-state index contributed by atoms with van der Waals surface area (Å²) in [5.41, 5.74) is 10.3. The Morgan fingerprint density at radius 2 is 1.60 bits per heavy atom. The van der Waals surface area contributed by atoms with Crippen LogP contribution in [0.3, 0.4) is 0 Å². The molecule has 0 saturated carbocycles. The minimum absolute atomic E-state index is 0. The zero-order chi connectivity index (χ0) is 31.6. The van der Waals surface area contributed by atoms with E-state index in [9.17, 15) is 0 Å². The van der Waals surface area contributed by atoms with Crippen LogP contribution in [0.15, 0.2) is 77.5 Å². The molecule has 4 aromatic heterocycles. The molecule has 235 valence electrons. The molecular weight excluding hydrogens is 791 g/mol. The van der Waals surface area contributed by atoms with Crippen molar-refractivity contribution in [1.82, 2.24) is 15.0 Å². The van der Waals surface area contributed by atoms with Gasteiger partial charge >= 0.3 is 126 Å². The first kappa shape index (κ1) is 34.7. The summed E-state index contributed by atoms with van der Waals surface area (Å²) in [6.07, 6.45) is 5.13. The Morgan fingerprint density at radius 3 is 2.27 bits per heavy atom. The summed E-state index contributed by atoms with van der Waals surface area (Å²) in [5.74, 6) is 8.45. The first-order valence-corrected chi connectivity index (χ1v) is 22.9. The smallest absolute Gasteiger partial charge is 0.142 e. The van der Waals surface area contributed by atoms with Gasteiger partial charge in [0.2, 0.25) is 0 Å². The molecule has 4 nitrogen and oxygen atoms in total. The van der Waals surface area contributed by atoms with Gasteiger partial charge in [0, 0.05) is 37.4 Å². The van der Waals surface area contributed by atoms with Gasteiger partial charge in [-0.3, -0.25) is 4.98 Å². The van der Waals surface area contributed by atoms with E-state index in [1.54, 1.807) is 4.40 Å². The number of hydrogen-bond acceptors (Lipinski definition) is 4. The van der Waals surface area contributed by atoms with Crippen molar-refractivity contribution in [2.24, 2.45) is 5.92 Å². The third kappa shape index (κ3) is 8.00. The van der Waals surface area contributed by atoms with Crippen LogP contribution in [0.4, 0.5) is 0 Å². The average molecular weight is 835 g/mol. The Balaban J connectivity index is 0.000000204. The van der Waals surface area contributed by atoms with Crippen LogP contribution in [0.5, 0.6) is 0 Å². The summed E-state index contributed by atoms with van der Waals surface area (Å²) in [5, 5.41) is 2.19. The summed E-state index contributed by atoms with van der Waals surface area (Å²) in [6, 6.07) is 27.2. The summed E-state index contributed by atoms with van der Waals surface area (Å²) in [7, 11) is 0. The van der Waals surface area contributed by atoms with E-state index in [-0.39, 0.29) is 20.1 Å². The van der Waals surface area contributed by atoms with Gasteiger partial charge in [0.15, 0.2) is 0 Å². The van der Waals surface area contributed by atoms with Gasteiger partial charge in [-0.25, -0.2) is 0 Å². The van der Waals surface area contributed by atoms with Gasteiger partial charge in [0.25, 0.3) is 0 Å². The quantitative estimate of drug-likeness (QED) is 0.124. The zero-order valence-corrected chi connectivity index (χ0v) is 32.4. The van der Waals surface area contributed by atoms with Crippen molar-refractivity contribution in [3.05, 3.63) is 108 Å². The van der Waals surface area contributed by atoms with E-state index >= 15 is 0 Å². The van der Waals surface area contributed by atoms with Crippen molar-refractivity contribution >= 4 is 39.6 Å². The summed E-state index contributed by atoms with van der Waals surface area (Å²) >= 11 is -1.86. The summed E-state index contributed by atoms with van der Waals surface area (Å²) in [6.45, 7) is 12.9. The number of aryl methyl sites for hydroxylation is 2. The topological polar surface area (TPSA) is 51.8 Å². The van der Waals surface area contributed by atoms with E-state index in [2.05, 4.69) is 110 Å². The van der Waals surface area contributed by atoms with Crippen molar-refractivity contribution < 1.29 is 24.5 Å². The van der Waals surface area contributed by atoms with E-state index < -0.39 is 13.3 Å². The molecule has 0 aliphatic carbocycles. The molecule has 0 aliphatic heterocycles. The second-order valence-corrected chi connectivity index (χ2v) is 24.0. The summed E-state index contributed by atoms with van der Waals surface area (Å²) in [4.78, 5) is 13.8. The van der Waals surface area contributed by atoms with Crippen LogP contribution in [0.2, 0.25) is 17.3 Å². The maximum absolute atomic E-state index is 6.19. The zero-order valence-electron chi connectivity index (χ0n) is 27.9. The molecular formula is C39H43GeIrN3O-2. The van der Waals surface area contributed by atoms with Gasteiger partial charge in [0.1, 0.15) is 5.58 Å². The molecule has 6 rings (SSSR count). The fourth-order valence-electron chi connectivity index (χ4n) is 5.66. The second kappa shape index (κ2) is 14.5. The van der Waals surface area contributed by atoms with Crippen molar-refractivity contribution in [3.8, 4) is 22.5 Å². The molecule has 2 aromatic carbocycles. The van der Waals surface area contributed by atoms with E-state index in [1.165, 1.54) is 11.1 Å². The Hall–Kier alpha value is -3.12. The average Bonchev–Trinajstić information content (AvgIpc) is 3.36. The van der Waals surface area contributed by atoms with Crippen molar-refractivity contribution in [3.63, 3.8) is 0 Å². The predicted octanol–water partition coefficient (Wildman–Crippen LogP) is 9.87. The van der Waals surface area contributed by atoms with Crippen molar-refractivity contribution in [1.29, 1.82) is 0 Å². The molecule has 6 heteroatoms. The molecule has 0 fully saturated rings. The van der Waals surface area contributed by atoms with Crippen LogP contribution in [-0.4, -0.2) is 28.2 Å². The standard InChI is InChI=1S/C21H19N2O.C18H24GeN.Ir/c1-12(2)15-8-9-22-19(11-15)17-7-5-6-16-18-10-13(3)23-14(4)20(18)24-21(16)17;1-14(2)11-16-12-18(15-9-7-6-8-10-15)20-13-17(16)19(3,4)5;/h5-6,8-12H,1-4H3;6-9,12-14H,11H2,1-5H3;/q2*-1;. The minimum Gasteiger partial charge on any atom is -0.499 e. The van der Waals surface area contributed by atoms with E-state index in [0.29, 0.717) is 11.8 Å². The number of aromatic nitrogens is 3. The Kier molecular flexibility index (Phi) is 11.2. The van der Waals surface area contributed by atoms with Gasteiger partial charge < -0.3 is 9.40 Å². The Bertz CT molecular complexity index is 1910. The molecule has 0 unspecified atom stereocenters. The van der Waals surface area contributed by atoms with Crippen LogP contribution in [-0.2, 0) is 26.5 Å². The fourth-order valence-corrected chi connectivity index (χ4v) is 9.00. The molecule has 0 amide bonds. The summed E-state index contributed by atoms with van der Waals surface area (Å²) < 4.78 is 7.73. The van der Waals surface area contributed by atoms with Gasteiger partial charge in [0.05, 0.1) is 11.3 Å². The number of fused-ring (bicyclic) bond motifs is 3. The largest absolute Gasteiger partial charge is 0.499 e. The van der Waals surface area contributed by atoms with Crippen LogP contribution in [0.1, 0.15) is 56.1 Å². The van der Waals surface area contributed by atoms with Crippen molar-refractivity contribution in [2.75, 3.05) is 0 Å². The van der Waals surface area contributed by atoms with E-state index in [0.717, 1.165) is 62.3 Å². The predicted molar refractivity (Wildman–Crippen MR) is 187 cm³/mol. The first-order valence-electron chi connectivity index (χ1n) is 15.6. The molecule has 45 heavy (non-hydrogen) atoms. The number of hydrogen-bond donors (Lipinski definition) is 0. The first-order chi connectivity index (χ1) is 20.9. The molecule has 0 atom stereocenters. The van der Waals surface area contributed by atoms with E-state index in [4.69, 9.17) is 9.40 Å². The number of rotatable bonds is 6. The van der Waals surface area contributed by atoms with Crippen LogP contribution in [0.25, 0.3) is 44.5 Å². The Labute approximate surface area is 284 Å². The van der Waals surface area contributed by atoms with Crippen LogP contribution >= 0.6 is 0 Å².